The highest BCUT2D eigenvalue weighted by Gasteiger charge is 2.13. The van der Waals surface area contributed by atoms with E-state index in [0.29, 0.717) is 13.1 Å². The van der Waals surface area contributed by atoms with Gasteiger partial charge in [0.25, 0.3) is 0 Å². The summed E-state index contributed by atoms with van der Waals surface area (Å²) in [7, 11) is -2.98. The summed E-state index contributed by atoms with van der Waals surface area (Å²) in [6.45, 7) is 4.63. The summed E-state index contributed by atoms with van der Waals surface area (Å²) < 4.78 is 21.9. The van der Waals surface area contributed by atoms with Gasteiger partial charge in [-0.15, -0.1) is 0 Å². The molecule has 0 spiro atoms. The van der Waals surface area contributed by atoms with Gasteiger partial charge in [-0.3, -0.25) is 9.69 Å². The second kappa shape index (κ2) is 6.07. The number of carboxylic acids is 1. The van der Waals surface area contributed by atoms with Crippen LogP contribution in [0.15, 0.2) is 0 Å². The summed E-state index contributed by atoms with van der Waals surface area (Å²) in [6, 6.07) is 0.158. The van der Waals surface area contributed by atoms with Gasteiger partial charge in [0.1, 0.15) is 9.84 Å². The molecule has 0 heterocycles. The normalized spacial score (nSPS) is 12.3. The third kappa shape index (κ3) is 8.38. The molecule has 0 saturated carbocycles. The SMILES string of the molecule is CC(C)N(CCC(=O)O)CCS(C)(=O)=O. The molecular formula is C9H19NO4S. The molecule has 0 aliphatic carbocycles. The van der Waals surface area contributed by atoms with Crippen LogP contribution in [0.25, 0.3) is 0 Å². The second-order valence-electron chi connectivity index (χ2n) is 3.90. The fourth-order valence-corrected chi connectivity index (χ4v) is 1.72. The summed E-state index contributed by atoms with van der Waals surface area (Å²) in [5.74, 6) is -0.787. The Bertz CT molecular complexity index is 297. The van der Waals surface area contributed by atoms with Gasteiger partial charge in [-0.25, -0.2) is 8.42 Å². The van der Waals surface area contributed by atoms with Crippen LogP contribution in [-0.2, 0) is 14.6 Å². The van der Waals surface area contributed by atoms with Crippen molar-refractivity contribution in [1.29, 1.82) is 0 Å². The Balaban J connectivity index is 4.11. The van der Waals surface area contributed by atoms with Crippen LogP contribution in [0, 0.1) is 0 Å². The number of hydrogen-bond acceptors (Lipinski definition) is 4. The maximum atomic E-state index is 11.0. The predicted molar refractivity (Wildman–Crippen MR) is 58.7 cm³/mol. The van der Waals surface area contributed by atoms with Crippen molar-refractivity contribution in [3.8, 4) is 0 Å². The zero-order valence-corrected chi connectivity index (χ0v) is 10.2. The number of nitrogens with zero attached hydrogens (tertiary/aromatic N) is 1. The molecule has 6 heteroatoms. The zero-order chi connectivity index (χ0) is 12.1. The van der Waals surface area contributed by atoms with Gasteiger partial charge in [-0.2, -0.15) is 0 Å². The monoisotopic (exact) mass is 237 g/mol. The van der Waals surface area contributed by atoms with Gasteiger partial charge >= 0.3 is 5.97 Å². The van der Waals surface area contributed by atoms with E-state index in [2.05, 4.69) is 0 Å². The maximum absolute atomic E-state index is 11.0. The number of hydrogen-bond donors (Lipinski definition) is 1. The van der Waals surface area contributed by atoms with Crippen LogP contribution >= 0.6 is 0 Å². The highest BCUT2D eigenvalue weighted by Crippen LogP contribution is 2.00. The fraction of sp³-hybridized carbons (Fsp3) is 0.889. The molecule has 0 saturated heterocycles. The summed E-state index contributed by atoms with van der Waals surface area (Å²) in [5, 5.41) is 8.53. The number of carbonyl (C=O) groups is 1. The molecule has 0 bridgehead atoms. The number of aliphatic carboxylic acids is 1. The van der Waals surface area contributed by atoms with Gasteiger partial charge in [-0.1, -0.05) is 0 Å². The van der Waals surface area contributed by atoms with Crippen LogP contribution in [0.4, 0.5) is 0 Å². The van der Waals surface area contributed by atoms with Crippen molar-refractivity contribution < 1.29 is 18.3 Å². The Morgan fingerprint density at radius 3 is 2.20 bits per heavy atom. The molecule has 5 nitrogen and oxygen atoms in total. The number of carboxylic acid groups (broad SMARTS) is 1. The van der Waals surface area contributed by atoms with Crippen LogP contribution in [-0.4, -0.2) is 55.5 Å². The Hall–Kier alpha value is -0.620. The Labute approximate surface area is 91.0 Å². The minimum atomic E-state index is -2.98. The molecule has 0 fully saturated rings. The van der Waals surface area contributed by atoms with Gasteiger partial charge in [0, 0.05) is 25.4 Å². The molecule has 0 radical (unpaired) electrons. The molecule has 0 atom stereocenters. The van der Waals surface area contributed by atoms with E-state index >= 15 is 0 Å². The first-order valence-electron chi connectivity index (χ1n) is 4.86. The Morgan fingerprint density at radius 1 is 1.33 bits per heavy atom. The number of sulfone groups is 1. The molecule has 0 aromatic carbocycles. The van der Waals surface area contributed by atoms with Crippen molar-refractivity contribution in [3.63, 3.8) is 0 Å². The van der Waals surface area contributed by atoms with Gasteiger partial charge < -0.3 is 5.11 Å². The summed E-state index contributed by atoms with van der Waals surface area (Å²) in [4.78, 5) is 12.2. The van der Waals surface area contributed by atoms with Crippen molar-refractivity contribution in [2.24, 2.45) is 0 Å². The van der Waals surface area contributed by atoms with E-state index in [1.165, 1.54) is 6.26 Å². The molecule has 0 aromatic rings. The Morgan fingerprint density at radius 2 is 1.87 bits per heavy atom. The van der Waals surface area contributed by atoms with Crippen molar-refractivity contribution in [3.05, 3.63) is 0 Å². The highest BCUT2D eigenvalue weighted by molar-refractivity contribution is 7.90. The van der Waals surface area contributed by atoms with Crippen LogP contribution in [0.3, 0.4) is 0 Å². The number of rotatable bonds is 7. The average Bonchev–Trinajstić information content (AvgIpc) is 2.00. The molecule has 1 N–H and O–H groups in total. The van der Waals surface area contributed by atoms with Crippen molar-refractivity contribution in [1.82, 2.24) is 4.90 Å². The predicted octanol–water partition coefficient (Wildman–Crippen LogP) is 0.216. The average molecular weight is 237 g/mol. The van der Waals surface area contributed by atoms with E-state index in [0.717, 1.165) is 0 Å². The van der Waals surface area contributed by atoms with E-state index < -0.39 is 15.8 Å². The van der Waals surface area contributed by atoms with E-state index in [-0.39, 0.29) is 18.2 Å². The standard InChI is InChI=1S/C9H19NO4S/c1-8(2)10(5-4-9(11)12)6-7-15(3,13)14/h8H,4-7H2,1-3H3,(H,11,12). The highest BCUT2D eigenvalue weighted by atomic mass is 32.2. The van der Waals surface area contributed by atoms with Crippen molar-refractivity contribution in [2.75, 3.05) is 25.1 Å². The van der Waals surface area contributed by atoms with Gasteiger partial charge in [-0.05, 0) is 13.8 Å². The smallest absolute Gasteiger partial charge is 0.304 e. The molecule has 0 aliphatic heterocycles. The first kappa shape index (κ1) is 14.4. The lowest BCUT2D eigenvalue weighted by Crippen LogP contribution is -2.36. The first-order chi connectivity index (χ1) is 6.72. The van der Waals surface area contributed by atoms with E-state index in [4.69, 9.17) is 5.11 Å². The van der Waals surface area contributed by atoms with Crippen LogP contribution in [0.1, 0.15) is 20.3 Å². The van der Waals surface area contributed by atoms with Gasteiger partial charge in [0.15, 0.2) is 0 Å². The molecule has 0 aromatic heterocycles. The minimum absolute atomic E-state index is 0.0436. The molecule has 0 aliphatic rings. The van der Waals surface area contributed by atoms with Crippen LogP contribution in [0.5, 0.6) is 0 Å². The van der Waals surface area contributed by atoms with E-state index in [9.17, 15) is 13.2 Å². The van der Waals surface area contributed by atoms with Crippen LogP contribution in [0.2, 0.25) is 0 Å². The third-order valence-corrected chi connectivity index (χ3v) is 3.02. The van der Waals surface area contributed by atoms with Gasteiger partial charge in [0.05, 0.1) is 12.2 Å². The second-order valence-corrected chi connectivity index (χ2v) is 6.16. The Kier molecular flexibility index (Phi) is 5.82. The lowest BCUT2D eigenvalue weighted by Gasteiger charge is -2.25. The minimum Gasteiger partial charge on any atom is -0.481 e. The van der Waals surface area contributed by atoms with Gasteiger partial charge in [0.2, 0.25) is 0 Å². The zero-order valence-electron chi connectivity index (χ0n) is 9.43. The third-order valence-electron chi connectivity index (χ3n) is 2.09. The molecule has 0 unspecified atom stereocenters. The fourth-order valence-electron chi connectivity index (χ4n) is 1.15. The largest absolute Gasteiger partial charge is 0.481 e. The van der Waals surface area contributed by atoms with Crippen molar-refractivity contribution >= 4 is 15.8 Å². The molecular weight excluding hydrogens is 218 g/mol. The van der Waals surface area contributed by atoms with E-state index in [1.807, 2.05) is 18.7 Å². The summed E-state index contributed by atoms with van der Waals surface area (Å²) in [5.41, 5.74) is 0. The van der Waals surface area contributed by atoms with E-state index in [1.54, 1.807) is 0 Å². The maximum Gasteiger partial charge on any atom is 0.304 e. The van der Waals surface area contributed by atoms with Crippen molar-refractivity contribution in [2.45, 2.75) is 26.3 Å². The molecule has 0 amide bonds. The first-order valence-corrected chi connectivity index (χ1v) is 6.92. The topological polar surface area (TPSA) is 74.7 Å². The quantitative estimate of drug-likeness (QED) is 0.685. The molecule has 0 rings (SSSR count). The lowest BCUT2D eigenvalue weighted by molar-refractivity contribution is -0.137. The lowest BCUT2D eigenvalue weighted by atomic mass is 10.3. The van der Waals surface area contributed by atoms with Crippen LogP contribution < -0.4 is 0 Å². The molecule has 90 valence electrons. The summed E-state index contributed by atoms with van der Waals surface area (Å²) in [6.07, 6.45) is 1.23. The molecule has 15 heavy (non-hydrogen) atoms. The summed E-state index contributed by atoms with van der Waals surface area (Å²) >= 11 is 0.